The first kappa shape index (κ1) is 16.0. The molecule has 1 aromatic rings. The van der Waals surface area contributed by atoms with Crippen LogP contribution in [0.4, 0.5) is 0 Å². The Hall–Kier alpha value is -1.40. The van der Waals surface area contributed by atoms with Gasteiger partial charge in [0.2, 0.25) is 0 Å². The highest BCUT2D eigenvalue weighted by Crippen LogP contribution is 2.22. The fourth-order valence-electron chi connectivity index (χ4n) is 2.59. The largest absolute Gasteiger partial charge is 0.468 e. The van der Waals surface area contributed by atoms with Crippen molar-refractivity contribution < 1.29 is 17.9 Å². The number of hydrogen-bond donors (Lipinski definition) is 1. The van der Waals surface area contributed by atoms with Crippen molar-refractivity contribution in [1.82, 2.24) is 5.32 Å². The number of esters is 1. The van der Waals surface area contributed by atoms with E-state index in [1.807, 2.05) is 24.3 Å². The molecule has 0 aromatic heterocycles. The van der Waals surface area contributed by atoms with E-state index in [9.17, 15) is 13.2 Å². The van der Waals surface area contributed by atoms with Crippen molar-refractivity contribution in [3.8, 4) is 0 Å². The zero-order valence-electron chi connectivity index (χ0n) is 12.3. The van der Waals surface area contributed by atoms with Crippen LogP contribution in [0, 0.1) is 0 Å². The number of aryl methyl sites for hydroxylation is 1. The maximum absolute atomic E-state index is 12.0. The summed E-state index contributed by atoms with van der Waals surface area (Å²) in [7, 11) is -2.00. The predicted molar refractivity (Wildman–Crippen MR) is 80.8 cm³/mol. The van der Waals surface area contributed by atoms with Crippen molar-refractivity contribution in [2.45, 2.75) is 31.8 Å². The van der Waals surface area contributed by atoms with Crippen LogP contribution in [0.25, 0.3) is 0 Å². The van der Waals surface area contributed by atoms with Gasteiger partial charge < -0.3 is 4.74 Å². The third-order valence-corrected chi connectivity index (χ3v) is 5.33. The summed E-state index contributed by atoms with van der Waals surface area (Å²) in [6.45, 7) is 2.12. The monoisotopic (exact) mass is 311 g/mol. The van der Waals surface area contributed by atoms with Crippen molar-refractivity contribution in [2.24, 2.45) is 0 Å². The SMILES string of the molecule is CCCc1ccc(C2CS(=O)(=O)CC(C(=O)OC)N2)cc1. The quantitative estimate of drug-likeness (QED) is 0.847. The molecule has 0 radical (unpaired) electrons. The highest BCUT2D eigenvalue weighted by Gasteiger charge is 2.36. The van der Waals surface area contributed by atoms with Gasteiger partial charge in [-0.2, -0.15) is 0 Å². The van der Waals surface area contributed by atoms with E-state index in [-0.39, 0.29) is 17.5 Å². The summed E-state index contributed by atoms with van der Waals surface area (Å²) in [5.74, 6) is -0.733. The molecule has 1 aliphatic rings. The Morgan fingerprint density at radius 1 is 1.29 bits per heavy atom. The maximum atomic E-state index is 12.0. The van der Waals surface area contributed by atoms with Gasteiger partial charge in [0.25, 0.3) is 0 Å². The minimum Gasteiger partial charge on any atom is -0.468 e. The van der Waals surface area contributed by atoms with Gasteiger partial charge >= 0.3 is 5.97 Å². The lowest BCUT2D eigenvalue weighted by Gasteiger charge is -2.29. The van der Waals surface area contributed by atoms with Gasteiger partial charge in [0, 0.05) is 6.04 Å². The van der Waals surface area contributed by atoms with E-state index < -0.39 is 21.8 Å². The standard InChI is InChI=1S/C15H21NO4S/c1-3-4-11-5-7-12(8-6-11)13-9-21(18,19)10-14(16-13)15(17)20-2/h5-8,13-14,16H,3-4,9-10H2,1-2H3. The van der Waals surface area contributed by atoms with E-state index in [0.29, 0.717) is 0 Å². The highest BCUT2D eigenvalue weighted by atomic mass is 32.2. The Morgan fingerprint density at radius 2 is 1.95 bits per heavy atom. The van der Waals surface area contributed by atoms with Crippen LogP contribution in [0.1, 0.15) is 30.5 Å². The molecular formula is C15H21NO4S. The van der Waals surface area contributed by atoms with Gasteiger partial charge in [0.1, 0.15) is 6.04 Å². The van der Waals surface area contributed by atoms with Crippen LogP contribution in [0.15, 0.2) is 24.3 Å². The van der Waals surface area contributed by atoms with Gasteiger partial charge in [-0.3, -0.25) is 10.1 Å². The van der Waals surface area contributed by atoms with E-state index in [4.69, 9.17) is 0 Å². The summed E-state index contributed by atoms with van der Waals surface area (Å²) in [5, 5.41) is 3.07. The first-order valence-corrected chi connectivity index (χ1v) is 8.90. The molecule has 21 heavy (non-hydrogen) atoms. The molecule has 0 bridgehead atoms. The van der Waals surface area contributed by atoms with Gasteiger partial charge in [0.05, 0.1) is 18.6 Å². The van der Waals surface area contributed by atoms with Crippen LogP contribution >= 0.6 is 0 Å². The van der Waals surface area contributed by atoms with E-state index in [1.54, 1.807) is 0 Å². The third kappa shape index (κ3) is 4.04. The molecule has 1 aromatic carbocycles. The van der Waals surface area contributed by atoms with Crippen molar-refractivity contribution in [3.63, 3.8) is 0 Å². The minimum atomic E-state index is -3.27. The number of carbonyl (C=O) groups is 1. The molecule has 2 rings (SSSR count). The second-order valence-corrected chi connectivity index (χ2v) is 7.52. The Balaban J connectivity index is 2.19. The van der Waals surface area contributed by atoms with Gasteiger partial charge in [-0.15, -0.1) is 0 Å². The molecule has 1 N–H and O–H groups in total. The maximum Gasteiger partial charge on any atom is 0.323 e. The molecule has 0 amide bonds. The predicted octanol–water partition coefficient (Wildman–Crippen LogP) is 1.24. The average Bonchev–Trinajstić information content (AvgIpc) is 2.46. The summed E-state index contributed by atoms with van der Waals surface area (Å²) < 4.78 is 28.6. The Bertz CT molecular complexity index is 595. The van der Waals surface area contributed by atoms with E-state index in [2.05, 4.69) is 17.0 Å². The summed E-state index contributed by atoms with van der Waals surface area (Å²) in [6.07, 6.45) is 2.07. The molecule has 1 saturated heterocycles. The molecule has 1 aliphatic heterocycles. The lowest BCUT2D eigenvalue weighted by molar-refractivity contribution is -0.142. The molecule has 6 heteroatoms. The molecule has 0 saturated carbocycles. The summed E-state index contributed by atoms with van der Waals surface area (Å²) >= 11 is 0. The molecule has 0 aliphatic carbocycles. The molecule has 0 spiro atoms. The number of methoxy groups -OCH3 is 1. The molecule has 2 atom stereocenters. The van der Waals surface area contributed by atoms with Crippen LogP contribution in [-0.2, 0) is 25.8 Å². The summed E-state index contributed by atoms with van der Waals surface area (Å²) in [4.78, 5) is 11.6. The van der Waals surface area contributed by atoms with Crippen molar-refractivity contribution in [3.05, 3.63) is 35.4 Å². The van der Waals surface area contributed by atoms with Crippen molar-refractivity contribution in [1.29, 1.82) is 0 Å². The number of benzene rings is 1. The van der Waals surface area contributed by atoms with Gasteiger partial charge in [-0.1, -0.05) is 37.6 Å². The second-order valence-electron chi connectivity index (χ2n) is 5.36. The van der Waals surface area contributed by atoms with Crippen molar-refractivity contribution in [2.75, 3.05) is 18.6 Å². The zero-order chi connectivity index (χ0) is 15.5. The third-order valence-electron chi connectivity index (χ3n) is 3.65. The van der Waals surface area contributed by atoms with Crippen LogP contribution in [0.5, 0.6) is 0 Å². The molecular weight excluding hydrogens is 290 g/mol. The lowest BCUT2D eigenvalue weighted by Crippen LogP contribution is -2.51. The van der Waals surface area contributed by atoms with Gasteiger partial charge in [0.15, 0.2) is 9.84 Å². The fourth-order valence-corrected chi connectivity index (χ4v) is 4.26. The van der Waals surface area contributed by atoms with Crippen molar-refractivity contribution >= 4 is 15.8 Å². The average molecular weight is 311 g/mol. The number of hydrogen-bond acceptors (Lipinski definition) is 5. The van der Waals surface area contributed by atoms with Gasteiger partial charge in [-0.25, -0.2) is 8.42 Å². The number of carbonyl (C=O) groups excluding carboxylic acids is 1. The second kappa shape index (κ2) is 6.58. The summed E-state index contributed by atoms with van der Waals surface area (Å²) in [5.41, 5.74) is 2.11. The first-order valence-electron chi connectivity index (χ1n) is 7.08. The van der Waals surface area contributed by atoms with Crippen LogP contribution < -0.4 is 5.32 Å². The minimum absolute atomic E-state index is 0.00756. The first-order chi connectivity index (χ1) is 9.95. The van der Waals surface area contributed by atoms with Crippen LogP contribution in [0.3, 0.4) is 0 Å². The number of sulfone groups is 1. The Morgan fingerprint density at radius 3 is 2.52 bits per heavy atom. The normalized spacial score (nSPS) is 24.5. The Kier molecular flexibility index (Phi) is 5.00. The number of nitrogens with one attached hydrogen (secondary N) is 1. The van der Waals surface area contributed by atoms with Crippen LogP contribution in [-0.4, -0.2) is 39.0 Å². The lowest BCUT2D eigenvalue weighted by atomic mass is 10.0. The van der Waals surface area contributed by atoms with E-state index in [0.717, 1.165) is 18.4 Å². The zero-order valence-corrected chi connectivity index (χ0v) is 13.2. The van der Waals surface area contributed by atoms with E-state index >= 15 is 0 Å². The topological polar surface area (TPSA) is 72.5 Å². The van der Waals surface area contributed by atoms with E-state index in [1.165, 1.54) is 12.7 Å². The molecule has 1 fully saturated rings. The molecule has 2 unspecified atom stereocenters. The summed E-state index contributed by atoms with van der Waals surface area (Å²) in [6, 6.07) is 6.71. The molecule has 1 heterocycles. The highest BCUT2D eigenvalue weighted by molar-refractivity contribution is 7.91. The molecule has 5 nitrogen and oxygen atoms in total. The molecule has 116 valence electrons. The van der Waals surface area contributed by atoms with Crippen LogP contribution in [0.2, 0.25) is 0 Å². The number of ether oxygens (including phenoxy) is 1. The smallest absolute Gasteiger partial charge is 0.323 e. The fraction of sp³-hybridized carbons (Fsp3) is 0.533. The Labute approximate surface area is 125 Å². The number of rotatable bonds is 4. The van der Waals surface area contributed by atoms with Gasteiger partial charge in [-0.05, 0) is 17.5 Å².